The fourth-order valence-corrected chi connectivity index (χ4v) is 1.58. The summed E-state index contributed by atoms with van der Waals surface area (Å²) >= 11 is 5.89. The number of nitrogens with zero attached hydrogens (tertiary/aromatic N) is 3. The van der Waals surface area contributed by atoms with Gasteiger partial charge in [-0.15, -0.1) is 4.73 Å². The summed E-state index contributed by atoms with van der Waals surface area (Å²) in [6.45, 7) is 5.51. The zero-order valence-electron chi connectivity index (χ0n) is 9.77. The Morgan fingerprint density at radius 3 is 2.76 bits per heavy atom. The molecule has 5 nitrogen and oxygen atoms in total. The molecule has 17 heavy (non-hydrogen) atoms. The van der Waals surface area contributed by atoms with Crippen molar-refractivity contribution >= 4 is 22.6 Å². The van der Waals surface area contributed by atoms with Crippen LogP contribution in [0, 0.1) is 0 Å². The minimum atomic E-state index is -0.573. The number of halogens is 1. The average molecular weight is 254 g/mol. The van der Waals surface area contributed by atoms with Crippen LogP contribution >= 0.6 is 11.6 Å². The number of aromatic nitrogens is 3. The molecule has 0 radical (unpaired) electrons. The van der Waals surface area contributed by atoms with Crippen LogP contribution in [0.3, 0.4) is 0 Å². The highest BCUT2D eigenvalue weighted by Gasteiger charge is 2.17. The van der Waals surface area contributed by atoms with E-state index in [0.717, 1.165) is 4.73 Å². The maximum Gasteiger partial charge on any atom is 0.383 e. The number of hydrogen-bond donors (Lipinski definition) is 0. The molecule has 0 saturated heterocycles. The predicted octanol–water partition coefficient (Wildman–Crippen LogP) is 1.67. The summed E-state index contributed by atoms with van der Waals surface area (Å²) < 4.78 is 1.07. The van der Waals surface area contributed by atoms with Crippen molar-refractivity contribution in [3.63, 3.8) is 0 Å². The summed E-state index contributed by atoms with van der Waals surface area (Å²) in [7, 11) is 0. The molecule has 2 heterocycles. The van der Waals surface area contributed by atoms with E-state index in [0.29, 0.717) is 11.0 Å². The molecule has 0 aliphatic rings. The molecule has 2 rings (SSSR count). The molecule has 2 aromatic rings. The summed E-state index contributed by atoms with van der Waals surface area (Å²) in [5.74, 6) is 0. The third-order valence-electron chi connectivity index (χ3n) is 1.93. The molecule has 0 spiro atoms. The summed E-state index contributed by atoms with van der Waals surface area (Å²) in [4.78, 5) is 25.0. The van der Waals surface area contributed by atoms with Crippen LogP contribution in [0.5, 0.6) is 0 Å². The van der Waals surface area contributed by atoms with E-state index in [1.807, 2.05) is 20.8 Å². The fraction of sp³-hybridized carbons (Fsp3) is 0.364. The van der Waals surface area contributed by atoms with Crippen LogP contribution in [-0.4, -0.2) is 20.3 Å². The van der Waals surface area contributed by atoms with Gasteiger partial charge in [0.05, 0.1) is 5.39 Å². The number of fused-ring (bicyclic) bond motifs is 1. The van der Waals surface area contributed by atoms with Gasteiger partial charge >= 0.3 is 5.69 Å². The Morgan fingerprint density at radius 2 is 2.12 bits per heavy atom. The van der Waals surface area contributed by atoms with Crippen LogP contribution in [0.4, 0.5) is 0 Å². The van der Waals surface area contributed by atoms with E-state index in [2.05, 4.69) is 9.97 Å². The SMILES string of the molecule is CC(C)(C)On1c(=O)nc(Cl)c2cccnc21. The van der Waals surface area contributed by atoms with Gasteiger partial charge in [-0.1, -0.05) is 11.6 Å². The van der Waals surface area contributed by atoms with Crippen molar-refractivity contribution < 1.29 is 4.84 Å². The molecular weight excluding hydrogens is 242 g/mol. The summed E-state index contributed by atoms with van der Waals surface area (Å²) in [6, 6.07) is 3.46. The molecule has 0 aliphatic carbocycles. The smallest absolute Gasteiger partial charge is 0.383 e. The van der Waals surface area contributed by atoms with Gasteiger partial charge in [-0.05, 0) is 32.9 Å². The van der Waals surface area contributed by atoms with E-state index in [4.69, 9.17) is 16.4 Å². The quantitative estimate of drug-likeness (QED) is 0.726. The molecule has 0 fully saturated rings. The predicted molar refractivity (Wildman–Crippen MR) is 65.1 cm³/mol. The van der Waals surface area contributed by atoms with Gasteiger partial charge in [0, 0.05) is 6.20 Å². The summed E-state index contributed by atoms with van der Waals surface area (Å²) in [6.07, 6.45) is 1.57. The molecule has 0 atom stereocenters. The Labute approximate surface area is 103 Å². The lowest BCUT2D eigenvalue weighted by atomic mass is 10.2. The minimum absolute atomic E-state index is 0.131. The first-order valence-electron chi connectivity index (χ1n) is 5.11. The first kappa shape index (κ1) is 11.9. The molecule has 2 aromatic heterocycles. The van der Waals surface area contributed by atoms with E-state index in [1.165, 1.54) is 0 Å². The molecule has 90 valence electrons. The standard InChI is InChI=1S/C11H12ClN3O2/c1-11(2,3)17-15-9-7(5-4-6-13-9)8(12)14-10(15)16/h4-6H,1-3H3. The molecule has 0 bridgehead atoms. The maximum absolute atomic E-state index is 11.7. The van der Waals surface area contributed by atoms with E-state index in [-0.39, 0.29) is 5.15 Å². The highest BCUT2D eigenvalue weighted by molar-refractivity contribution is 6.33. The first-order valence-corrected chi connectivity index (χ1v) is 5.49. The Morgan fingerprint density at radius 1 is 1.41 bits per heavy atom. The Kier molecular flexibility index (Phi) is 2.79. The van der Waals surface area contributed by atoms with Gasteiger partial charge < -0.3 is 4.84 Å². The lowest BCUT2D eigenvalue weighted by Gasteiger charge is -2.21. The molecule has 6 heteroatoms. The monoisotopic (exact) mass is 253 g/mol. The third-order valence-corrected chi connectivity index (χ3v) is 2.22. The van der Waals surface area contributed by atoms with Crippen molar-refractivity contribution in [1.29, 1.82) is 0 Å². The van der Waals surface area contributed by atoms with Gasteiger partial charge in [-0.25, -0.2) is 9.78 Å². The third kappa shape index (κ3) is 2.39. The Hall–Kier alpha value is -1.62. The molecule has 0 N–H and O–H groups in total. The van der Waals surface area contributed by atoms with Gasteiger partial charge in [0.25, 0.3) is 0 Å². The van der Waals surface area contributed by atoms with Crippen LogP contribution in [0.1, 0.15) is 20.8 Å². The van der Waals surface area contributed by atoms with Crippen molar-refractivity contribution in [1.82, 2.24) is 14.7 Å². The minimum Gasteiger partial charge on any atom is -0.402 e. The maximum atomic E-state index is 11.7. The number of pyridine rings is 1. The van der Waals surface area contributed by atoms with Crippen LogP contribution in [0.25, 0.3) is 11.0 Å². The van der Waals surface area contributed by atoms with E-state index in [9.17, 15) is 4.79 Å². The van der Waals surface area contributed by atoms with Crippen molar-refractivity contribution in [2.24, 2.45) is 0 Å². The highest BCUT2D eigenvalue weighted by Crippen LogP contribution is 2.17. The second-order valence-electron chi connectivity index (χ2n) is 4.56. The largest absolute Gasteiger partial charge is 0.402 e. The number of hydrogen-bond acceptors (Lipinski definition) is 4. The van der Waals surface area contributed by atoms with Gasteiger partial charge in [0.15, 0.2) is 5.65 Å². The molecule has 0 amide bonds. The summed E-state index contributed by atoms with van der Waals surface area (Å²) in [5, 5.41) is 0.713. The fourth-order valence-electron chi connectivity index (χ4n) is 1.36. The average Bonchev–Trinajstić information content (AvgIpc) is 2.23. The van der Waals surface area contributed by atoms with E-state index >= 15 is 0 Å². The second kappa shape index (κ2) is 4.00. The van der Waals surface area contributed by atoms with Crippen LogP contribution in [0.15, 0.2) is 23.1 Å². The van der Waals surface area contributed by atoms with Crippen LogP contribution < -0.4 is 10.5 Å². The van der Waals surface area contributed by atoms with E-state index < -0.39 is 11.3 Å². The lowest BCUT2D eigenvalue weighted by molar-refractivity contribution is -0.0161. The van der Waals surface area contributed by atoms with Crippen LogP contribution in [0.2, 0.25) is 5.15 Å². The molecular formula is C11H12ClN3O2. The molecule has 0 unspecified atom stereocenters. The van der Waals surface area contributed by atoms with Gasteiger partial charge in [0.2, 0.25) is 0 Å². The number of rotatable bonds is 1. The topological polar surface area (TPSA) is 57.0 Å². The normalized spacial score (nSPS) is 11.8. The van der Waals surface area contributed by atoms with Crippen LogP contribution in [-0.2, 0) is 0 Å². The van der Waals surface area contributed by atoms with Crippen molar-refractivity contribution in [2.45, 2.75) is 26.4 Å². The second-order valence-corrected chi connectivity index (χ2v) is 4.92. The Balaban J connectivity index is 2.74. The van der Waals surface area contributed by atoms with Crippen molar-refractivity contribution in [3.05, 3.63) is 34.0 Å². The molecule has 0 saturated carbocycles. The van der Waals surface area contributed by atoms with Crippen molar-refractivity contribution in [2.75, 3.05) is 0 Å². The zero-order chi connectivity index (χ0) is 12.6. The highest BCUT2D eigenvalue weighted by atomic mass is 35.5. The first-order chi connectivity index (χ1) is 7.88. The Bertz CT molecular complexity index is 616. The van der Waals surface area contributed by atoms with Gasteiger partial charge in [-0.3, -0.25) is 0 Å². The molecule has 0 aliphatic heterocycles. The molecule has 0 aromatic carbocycles. The lowest BCUT2D eigenvalue weighted by Crippen LogP contribution is -2.39. The van der Waals surface area contributed by atoms with Gasteiger partial charge in [0.1, 0.15) is 10.8 Å². The van der Waals surface area contributed by atoms with Gasteiger partial charge in [-0.2, -0.15) is 4.98 Å². The zero-order valence-corrected chi connectivity index (χ0v) is 10.5. The van der Waals surface area contributed by atoms with E-state index in [1.54, 1.807) is 18.3 Å². The van der Waals surface area contributed by atoms with Crippen molar-refractivity contribution in [3.8, 4) is 0 Å². The summed E-state index contributed by atoms with van der Waals surface area (Å²) in [5.41, 5.74) is -0.729.